The van der Waals surface area contributed by atoms with Crippen LogP contribution in [0.2, 0.25) is 0 Å². The van der Waals surface area contributed by atoms with Gasteiger partial charge in [0.15, 0.2) is 5.79 Å². The predicted molar refractivity (Wildman–Crippen MR) is 99.0 cm³/mol. The average molecular weight is 348 g/mol. The van der Waals surface area contributed by atoms with Crippen LogP contribution in [0, 0.1) is 11.8 Å². The topological polar surface area (TPSA) is 36.9 Å². The van der Waals surface area contributed by atoms with Crippen LogP contribution in [-0.4, -0.2) is 31.9 Å². The molecule has 2 rings (SSSR count). The molecule has 1 aliphatic heterocycles. The molecular weight excluding hydrogens is 316 g/mol. The van der Waals surface area contributed by atoms with E-state index in [0.29, 0.717) is 31.8 Å². The third kappa shape index (κ3) is 6.90. The Hall–Kier alpha value is -1.20. The first-order valence-electron chi connectivity index (χ1n) is 9.07. The number of hydrogen-bond acceptors (Lipinski definition) is 4. The second-order valence-electron chi connectivity index (χ2n) is 7.44. The Balaban J connectivity index is 1.71. The van der Waals surface area contributed by atoms with Crippen LogP contribution >= 0.6 is 0 Å². The maximum absolute atomic E-state index is 6.08. The number of ether oxygens (including phenoxy) is 4. The van der Waals surface area contributed by atoms with Crippen molar-refractivity contribution in [2.45, 2.75) is 53.1 Å². The molecule has 1 saturated heterocycles. The molecule has 4 nitrogen and oxygen atoms in total. The molecule has 0 radical (unpaired) electrons. The lowest BCUT2D eigenvalue weighted by Crippen LogP contribution is -2.45. The molecule has 0 aliphatic carbocycles. The normalized spacial score (nSPS) is 24.9. The van der Waals surface area contributed by atoms with Gasteiger partial charge in [0.05, 0.1) is 25.9 Å². The van der Waals surface area contributed by atoms with E-state index in [4.69, 9.17) is 18.9 Å². The van der Waals surface area contributed by atoms with Gasteiger partial charge in [0.2, 0.25) is 0 Å². The highest BCUT2D eigenvalue weighted by atomic mass is 16.7. The van der Waals surface area contributed by atoms with Crippen molar-refractivity contribution in [1.82, 2.24) is 0 Å². The zero-order valence-corrected chi connectivity index (χ0v) is 16.2. The standard InChI is InChI=1S/C21H32O4/c1-16(12-22-15-23-14-19-9-7-6-8-10-19)11-17(2)20-18(3)13-24-21(4,5)25-20/h6-11,16,18,20H,12-15H2,1-5H3/b17-11+/t16-,18-,20-/m1/s1. The van der Waals surface area contributed by atoms with Crippen molar-refractivity contribution < 1.29 is 18.9 Å². The summed E-state index contributed by atoms with van der Waals surface area (Å²) >= 11 is 0. The van der Waals surface area contributed by atoms with Crippen LogP contribution in [-0.2, 0) is 25.6 Å². The maximum Gasteiger partial charge on any atom is 0.163 e. The second kappa shape index (κ2) is 9.48. The van der Waals surface area contributed by atoms with Crippen LogP contribution in [0.4, 0.5) is 0 Å². The van der Waals surface area contributed by atoms with E-state index in [1.54, 1.807) is 0 Å². The van der Waals surface area contributed by atoms with E-state index >= 15 is 0 Å². The minimum Gasteiger partial charge on any atom is -0.355 e. The van der Waals surface area contributed by atoms with Gasteiger partial charge in [-0.2, -0.15) is 0 Å². The van der Waals surface area contributed by atoms with E-state index in [0.717, 1.165) is 12.2 Å². The molecule has 1 fully saturated rings. The molecular formula is C21H32O4. The lowest BCUT2D eigenvalue weighted by molar-refractivity contribution is -0.282. The predicted octanol–water partition coefficient (Wildman–Crippen LogP) is 4.55. The van der Waals surface area contributed by atoms with Crippen LogP contribution in [0.5, 0.6) is 0 Å². The van der Waals surface area contributed by atoms with Gasteiger partial charge in [-0.25, -0.2) is 0 Å². The highest BCUT2D eigenvalue weighted by Gasteiger charge is 2.34. The lowest BCUT2D eigenvalue weighted by Gasteiger charge is -2.40. The van der Waals surface area contributed by atoms with Gasteiger partial charge < -0.3 is 18.9 Å². The molecule has 4 heteroatoms. The minimum absolute atomic E-state index is 0.0977. The highest BCUT2D eigenvalue weighted by molar-refractivity contribution is 5.13. The van der Waals surface area contributed by atoms with Crippen LogP contribution < -0.4 is 0 Å². The summed E-state index contributed by atoms with van der Waals surface area (Å²) in [6.07, 6.45) is 2.33. The summed E-state index contributed by atoms with van der Waals surface area (Å²) < 4.78 is 23.0. The molecule has 140 valence electrons. The van der Waals surface area contributed by atoms with Gasteiger partial charge in [-0.05, 0) is 37.8 Å². The molecule has 0 unspecified atom stereocenters. The first-order chi connectivity index (χ1) is 11.9. The van der Waals surface area contributed by atoms with E-state index < -0.39 is 5.79 Å². The summed E-state index contributed by atoms with van der Waals surface area (Å²) in [5.74, 6) is 0.144. The average Bonchev–Trinajstić information content (AvgIpc) is 2.57. The molecule has 0 N–H and O–H groups in total. The van der Waals surface area contributed by atoms with Crippen molar-refractivity contribution in [3.8, 4) is 0 Å². The SMILES string of the molecule is C/C(=C\[C@@H](C)COCOCc1ccccc1)[C@H]1OC(C)(C)OC[C@H]1C. The van der Waals surface area contributed by atoms with Gasteiger partial charge in [-0.15, -0.1) is 0 Å². The van der Waals surface area contributed by atoms with Gasteiger partial charge in [-0.1, -0.05) is 50.3 Å². The minimum atomic E-state index is -0.517. The fourth-order valence-corrected chi connectivity index (χ4v) is 3.04. The fourth-order valence-electron chi connectivity index (χ4n) is 3.04. The van der Waals surface area contributed by atoms with Gasteiger partial charge >= 0.3 is 0 Å². The van der Waals surface area contributed by atoms with Crippen molar-refractivity contribution >= 4 is 0 Å². The molecule has 0 saturated carbocycles. The molecule has 1 aliphatic rings. The van der Waals surface area contributed by atoms with Crippen molar-refractivity contribution in [3.05, 3.63) is 47.5 Å². The van der Waals surface area contributed by atoms with Crippen LogP contribution in [0.15, 0.2) is 42.0 Å². The maximum atomic E-state index is 6.08. The van der Waals surface area contributed by atoms with Gasteiger partial charge in [0.25, 0.3) is 0 Å². The summed E-state index contributed by atoms with van der Waals surface area (Å²) in [6, 6.07) is 10.1. The van der Waals surface area contributed by atoms with Crippen molar-refractivity contribution in [3.63, 3.8) is 0 Å². The first kappa shape index (κ1) is 20.1. The Morgan fingerprint density at radius 3 is 2.72 bits per heavy atom. The Morgan fingerprint density at radius 2 is 2.00 bits per heavy atom. The summed E-state index contributed by atoms with van der Waals surface area (Å²) in [4.78, 5) is 0. The molecule has 25 heavy (non-hydrogen) atoms. The first-order valence-corrected chi connectivity index (χ1v) is 9.07. The number of hydrogen-bond donors (Lipinski definition) is 0. The van der Waals surface area contributed by atoms with Crippen molar-refractivity contribution in [2.75, 3.05) is 20.0 Å². The third-order valence-electron chi connectivity index (χ3n) is 4.28. The molecule has 1 aromatic rings. The number of benzene rings is 1. The summed E-state index contributed by atoms with van der Waals surface area (Å²) in [5.41, 5.74) is 2.40. The largest absolute Gasteiger partial charge is 0.355 e. The molecule has 0 amide bonds. The lowest BCUT2D eigenvalue weighted by atomic mass is 9.94. The van der Waals surface area contributed by atoms with E-state index in [-0.39, 0.29) is 6.10 Å². The molecule has 1 aromatic carbocycles. The summed E-state index contributed by atoms with van der Waals surface area (Å²) in [7, 11) is 0. The van der Waals surface area contributed by atoms with E-state index in [2.05, 4.69) is 26.8 Å². The quantitative estimate of drug-likeness (QED) is 0.392. The summed E-state index contributed by atoms with van der Waals surface area (Å²) in [6.45, 7) is 12.6. The van der Waals surface area contributed by atoms with Crippen molar-refractivity contribution in [2.24, 2.45) is 11.8 Å². The zero-order chi connectivity index (χ0) is 18.3. The second-order valence-corrected chi connectivity index (χ2v) is 7.44. The Labute approximate surface area is 152 Å². The van der Waals surface area contributed by atoms with E-state index in [1.807, 2.05) is 44.2 Å². The molecule has 0 spiro atoms. The molecule has 0 aromatic heterocycles. The Bertz CT molecular complexity index is 538. The van der Waals surface area contributed by atoms with E-state index in [9.17, 15) is 0 Å². The summed E-state index contributed by atoms with van der Waals surface area (Å²) in [5, 5.41) is 0. The zero-order valence-electron chi connectivity index (χ0n) is 16.2. The smallest absolute Gasteiger partial charge is 0.163 e. The van der Waals surface area contributed by atoms with Crippen LogP contribution in [0.25, 0.3) is 0 Å². The Morgan fingerprint density at radius 1 is 1.28 bits per heavy atom. The van der Waals surface area contributed by atoms with E-state index in [1.165, 1.54) is 5.57 Å². The fraction of sp³-hybridized carbons (Fsp3) is 0.619. The molecule has 3 atom stereocenters. The number of rotatable bonds is 8. The highest BCUT2D eigenvalue weighted by Crippen LogP contribution is 2.30. The Kier molecular flexibility index (Phi) is 7.63. The third-order valence-corrected chi connectivity index (χ3v) is 4.28. The van der Waals surface area contributed by atoms with Crippen molar-refractivity contribution in [1.29, 1.82) is 0 Å². The molecule has 0 bridgehead atoms. The van der Waals surface area contributed by atoms with Crippen LogP contribution in [0.1, 0.15) is 40.2 Å². The van der Waals surface area contributed by atoms with Crippen LogP contribution in [0.3, 0.4) is 0 Å². The monoisotopic (exact) mass is 348 g/mol. The van der Waals surface area contributed by atoms with Gasteiger partial charge in [0.1, 0.15) is 6.79 Å². The molecule has 1 heterocycles. The van der Waals surface area contributed by atoms with Gasteiger partial charge in [0, 0.05) is 5.92 Å². The van der Waals surface area contributed by atoms with Gasteiger partial charge in [-0.3, -0.25) is 0 Å².